The van der Waals surface area contributed by atoms with Gasteiger partial charge in [-0.1, -0.05) is 13.8 Å². The van der Waals surface area contributed by atoms with E-state index < -0.39 is 0 Å². The minimum Gasteiger partial charge on any atom is -0.346 e. The van der Waals surface area contributed by atoms with Crippen molar-refractivity contribution in [1.29, 1.82) is 0 Å². The fraction of sp³-hybridized carbons (Fsp3) is 0.714. The Hall–Kier alpha value is 0.688. The standard InChI is InChI=1S/C7H14.W/c1-4-5-6-7(2)3;/h6-7H,1,4-5H2,2-3H3;/q-2;+2. The maximum Gasteiger partial charge on any atom is 2.00 e. The molecule has 0 N–H and O–H groups in total. The van der Waals surface area contributed by atoms with Crippen LogP contribution in [-0.2, 0) is 21.1 Å². The smallest absolute Gasteiger partial charge is 0.346 e. The summed E-state index contributed by atoms with van der Waals surface area (Å²) in [6, 6.07) is 0. The Bertz CT molecular complexity index is 33.4. The molecule has 0 rings (SSSR count). The SMILES string of the molecule is [CH2-]CC[CH-]C(C)C.[W+2]. The van der Waals surface area contributed by atoms with Gasteiger partial charge >= 0.3 is 21.1 Å². The second kappa shape index (κ2) is 7.69. The molecule has 48 valence electrons. The van der Waals surface area contributed by atoms with Gasteiger partial charge in [-0.25, -0.2) is 12.8 Å². The predicted molar refractivity (Wildman–Crippen MR) is 33.7 cm³/mol. The van der Waals surface area contributed by atoms with E-state index in [0.717, 1.165) is 18.8 Å². The van der Waals surface area contributed by atoms with E-state index in [9.17, 15) is 0 Å². The maximum atomic E-state index is 3.73. The summed E-state index contributed by atoms with van der Waals surface area (Å²) in [5.41, 5.74) is 0. The number of hydrogen-bond donors (Lipinski definition) is 0. The van der Waals surface area contributed by atoms with Gasteiger partial charge in [-0.15, -0.1) is 0 Å². The summed E-state index contributed by atoms with van der Waals surface area (Å²) in [5.74, 6) is 0.738. The second-order valence-corrected chi connectivity index (χ2v) is 2.12. The Balaban J connectivity index is 0. The third-order valence-electron chi connectivity index (χ3n) is 0.842. The molecule has 0 saturated carbocycles. The number of unbranched alkanes of at least 4 members (excludes halogenated alkanes) is 1. The van der Waals surface area contributed by atoms with E-state index in [1.165, 1.54) is 0 Å². The monoisotopic (exact) mass is 282 g/mol. The molecular formula is C7H14W. The molecule has 0 aliphatic heterocycles. The summed E-state index contributed by atoms with van der Waals surface area (Å²) in [5, 5.41) is 0. The zero-order valence-corrected chi connectivity index (χ0v) is 8.62. The molecule has 0 aromatic heterocycles. The molecule has 0 aromatic rings. The molecule has 1 heteroatoms. The van der Waals surface area contributed by atoms with Crippen molar-refractivity contribution in [2.45, 2.75) is 26.7 Å². The summed E-state index contributed by atoms with van der Waals surface area (Å²) < 4.78 is 0. The van der Waals surface area contributed by atoms with Crippen molar-refractivity contribution in [2.75, 3.05) is 0 Å². The van der Waals surface area contributed by atoms with Crippen molar-refractivity contribution in [2.24, 2.45) is 5.92 Å². The molecule has 0 radical (unpaired) electrons. The van der Waals surface area contributed by atoms with E-state index in [1.807, 2.05) is 0 Å². The summed E-state index contributed by atoms with van der Waals surface area (Å²) in [6.45, 7) is 8.11. The third-order valence-corrected chi connectivity index (χ3v) is 0.842. The molecule has 0 unspecified atom stereocenters. The van der Waals surface area contributed by atoms with Crippen LogP contribution >= 0.6 is 0 Å². The van der Waals surface area contributed by atoms with Gasteiger partial charge in [0, 0.05) is 0 Å². The molecular weight excluding hydrogens is 268 g/mol. The average Bonchev–Trinajstić information content (AvgIpc) is 1.61. The van der Waals surface area contributed by atoms with E-state index in [4.69, 9.17) is 0 Å². The van der Waals surface area contributed by atoms with E-state index >= 15 is 0 Å². The minimum atomic E-state index is 0. The molecule has 0 heterocycles. The Morgan fingerprint density at radius 2 is 2.00 bits per heavy atom. The Morgan fingerprint density at radius 1 is 1.50 bits per heavy atom. The summed E-state index contributed by atoms with van der Waals surface area (Å²) in [6.07, 6.45) is 4.49. The number of hydrogen-bond acceptors (Lipinski definition) is 0. The van der Waals surface area contributed by atoms with E-state index in [1.54, 1.807) is 0 Å². The van der Waals surface area contributed by atoms with Crippen LogP contribution in [0.1, 0.15) is 26.7 Å². The number of rotatable bonds is 3. The molecule has 0 fully saturated rings. The third kappa shape index (κ3) is 9.85. The molecule has 0 bridgehead atoms. The summed E-state index contributed by atoms with van der Waals surface area (Å²) in [4.78, 5) is 0. The molecule has 0 aliphatic carbocycles. The van der Waals surface area contributed by atoms with Crippen LogP contribution in [0.3, 0.4) is 0 Å². The van der Waals surface area contributed by atoms with Crippen molar-refractivity contribution >= 4 is 0 Å². The van der Waals surface area contributed by atoms with E-state index in [-0.39, 0.29) is 21.1 Å². The van der Waals surface area contributed by atoms with Crippen LogP contribution in [0.5, 0.6) is 0 Å². The molecule has 0 atom stereocenters. The van der Waals surface area contributed by atoms with Crippen LogP contribution in [0.4, 0.5) is 0 Å². The van der Waals surface area contributed by atoms with E-state index in [0.29, 0.717) is 0 Å². The first-order chi connectivity index (χ1) is 3.27. The van der Waals surface area contributed by atoms with Crippen LogP contribution in [0, 0.1) is 19.3 Å². The van der Waals surface area contributed by atoms with Gasteiger partial charge in [-0.05, 0) is 0 Å². The Morgan fingerprint density at radius 3 is 2.12 bits per heavy atom. The van der Waals surface area contributed by atoms with Gasteiger partial charge in [0.1, 0.15) is 0 Å². The quantitative estimate of drug-likeness (QED) is 0.697. The van der Waals surface area contributed by atoms with Crippen molar-refractivity contribution in [3.05, 3.63) is 13.3 Å². The Kier molecular flexibility index (Phi) is 11.0. The molecule has 0 saturated heterocycles. The van der Waals surface area contributed by atoms with Crippen molar-refractivity contribution < 1.29 is 21.1 Å². The average molecular weight is 282 g/mol. The van der Waals surface area contributed by atoms with Crippen LogP contribution in [0.25, 0.3) is 0 Å². The van der Waals surface area contributed by atoms with Crippen LogP contribution in [0.15, 0.2) is 0 Å². The second-order valence-electron chi connectivity index (χ2n) is 2.12. The summed E-state index contributed by atoms with van der Waals surface area (Å²) in [7, 11) is 0. The molecule has 0 amide bonds. The molecule has 8 heavy (non-hydrogen) atoms. The largest absolute Gasteiger partial charge is 2.00 e. The predicted octanol–water partition coefficient (Wildman–Crippen LogP) is 2.46. The van der Waals surface area contributed by atoms with Gasteiger partial charge < -0.3 is 13.3 Å². The molecule has 0 nitrogen and oxygen atoms in total. The topological polar surface area (TPSA) is 0 Å². The minimum absolute atomic E-state index is 0. The van der Waals surface area contributed by atoms with Gasteiger partial charge in [-0.3, -0.25) is 0 Å². The van der Waals surface area contributed by atoms with Crippen LogP contribution in [0.2, 0.25) is 0 Å². The van der Waals surface area contributed by atoms with Gasteiger partial charge in [0.25, 0.3) is 0 Å². The Labute approximate surface area is 67.3 Å². The van der Waals surface area contributed by atoms with Crippen molar-refractivity contribution in [3.63, 3.8) is 0 Å². The van der Waals surface area contributed by atoms with Gasteiger partial charge in [0.15, 0.2) is 0 Å². The zero-order chi connectivity index (χ0) is 5.70. The first-order valence-corrected chi connectivity index (χ1v) is 2.90. The van der Waals surface area contributed by atoms with Crippen LogP contribution < -0.4 is 0 Å². The van der Waals surface area contributed by atoms with Crippen molar-refractivity contribution in [1.82, 2.24) is 0 Å². The zero-order valence-electron chi connectivity index (χ0n) is 5.68. The molecule has 0 spiro atoms. The fourth-order valence-electron chi connectivity index (χ4n) is 0.451. The van der Waals surface area contributed by atoms with Gasteiger partial charge in [0.05, 0.1) is 0 Å². The van der Waals surface area contributed by atoms with Crippen LogP contribution in [-0.4, -0.2) is 0 Å². The molecule has 0 aliphatic rings. The van der Waals surface area contributed by atoms with Gasteiger partial charge in [0.2, 0.25) is 0 Å². The van der Waals surface area contributed by atoms with E-state index in [2.05, 4.69) is 27.2 Å². The fourth-order valence-corrected chi connectivity index (χ4v) is 0.451. The summed E-state index contributed by atoms with van der Waals surface area (Å²) >= 11 is 0. The first kappa shape index (κ1) is 11.5. The van der Waals surface area contributed by atoms with Gasteiger partial charge in [-0.2, -0.15) is 5.92 Å². The maximum absolute atomic E-state index is 3.73. The normalized spacial score (nSPS) is 9.00. The van der Waals surface area contributed by atoms with Crippen molar-refractivity contribution in [3.8, 4) is 0 Å². The molecule has 0 aromatic carbocycles. The first-order valence-electron chi connectivity index (χ1n) is 2.90.